The van der Waals surface area contributed by atoms with Crippen LogP contribution in [0.15, 0.2) is 72.4 Å². The topological polar surface area (TPSA) is 64.0 Å². The van der Waals surface area contributed by atoms with Gasteiger partial charge >= 0.3 is 0 Å². The summed E-state index contributed by atoms with van der Waals surface area (Å²) >= 11 is 1.47. The van der Waals surface area contributed by atoms with Crippen molar-refractivity contribution in [3.63, 3.8) is 0 Å². The number of aromatic nitrogens is 2. The van der Waals surface area contributed by atoms with Crippen LogP contribution in [0.3, 0.4) is 0 Å². The maximum Gasteiger partial charge on any atom is 0.244 e. The Bertz CT molecular complexity index is 1090. The molecule has 4 rings (SSSR count). The number of amides is 1. The maximum atomic E-state index is 12.8. The Morgan fingerprint density at radius 3 is 2.59 bits per heavy atom. The highest BCUT2D eigenvalue weighted by atomic mass is 32.1. The van der Waals surface area contributed by atoms with Crippen LogP contribution in [-0.2, 0) is 17.8 Å². The van der Waals surface area contributed by atoms with Gasteiger partial charge in [0.25, 0.3) is 0 Å². The number of Topliss-reactive ketones (excluding diaryl/α,β-unsaturated/α-hetero) is 1. The smallest absolute Gasteiger partial charge is 0.244 e. The number of hydrogen-bond acceptors (Lipinski definition) is 4. The van der Waals surface area contributed by atoms with Gasteiger partial charge in [-0.05, 0) is 18.2 Å². The molecule has 5 nitrogen and oxygen atoms in total. The summed E-state index contributed by atoms with van der Waals surface area (Å²) in [5, 5.41) is 6.38. The van der Waals surface area contributed by atoms with Crippen molar-refractivity contribution in [1.29, 1.82) is 0 Å². The molecular formula is C21H17N3O2S. The fourth-order valence-corrected chi connectivity index (χ4v) is 3.66. The number of benzene rings is 2. The Hall–Kier alpha value is -3.25. The second-order valence-electron chi connectivity index (χ2n) is 6.13. The Labute approximate surface area is 160 Å². The van der Waals surface area contributed by atoms with Gasteiger partial charge < -0.3 is 9.88 Å². The van der Waals surface area contributed by atoms with E-state index in [4.69, 9.17) is 0 Å². The molecule has 4 aromatic rings. The van der Waals surface area contributed by atoms with Crippen LogP contribution in [0.1, 0.15) is 15.4 Å². The summed E-state index contributed by atoms with van der Waals surface area (Å²) in [6.07, 6.45) is 3.73. The molecule has 1 amide bonds. The number of nitrogens with zero attached hydrogens (tertiary/aromatic N) is 2. The first kappa shape index (κ1) is 17.2. The molecule has 0 aliphatic carbocycles. The van der Waals surface area contributed by atoms with Gasteiger partial charge in [-0.15, -0.1) is 11.3 Å². The molecule has 2 aromatic heterocycles. The minimum atomic E-state index is -0.138. The van der Waals surface area contributed by atoms with Crippen LogP contribution < -0.4 is 5.32 Å². The van der Waals surface area contributed by atoms with E-state index in [1.54, 1.807) is 12.4 Å². The predicted octanol–water partition coefficient (Wildman–Crippen LogP) is 4.16. The van der Waals surface area contributed by atoms with Gasteiger partial charge in [0.2, 0.25) is 5.91 Å². The summed E-state index contributed by atoms with van der Waals surface area (Å²) in [5.74, 6) is -0.135. The second kappa shape index (κ2) is 7.55. The molecule has 0 aliphatic heterocycles. The molecule has 27 heavy (non-hydrogen) atoms. The van der Waals surface area contributed by atoms with Crippen molar-refractivity contribution in [1.82, 2.24) is 9.55 Å². The first-order valence-electron chi connectivity index (χ1n) is 8.55. The number of thiazole rings is 1. The van der Waals surface area contributed by atoms with E-state index < -0.39 is 0 Å². The van der Waals surface area contributed by atoms with Crippen LogP contribution in [0, 0.1) is 0 Å². The quantitative estimate of drug-likeness (QED) is 0.515. The molecule has 0 radical (unpaired) electrons. The summed E-state index contributed by atoms with van der Waals surface area (Å²) in [4.78, 5) is 29.4. The van der Waals surface area contributed by atoms with Crippen LogP contribution >= 0.6 is 11.3 Å². The number of fused-ring (bicyclic) bond motifs is 1. The number of anilines is 1. The molecule has 0 aliphatic rings. The third-order valence-corrected chi connectivity index (χ3v) is 5.04. The molecule has 0 saturated heterocycles. The monoisotopic (exact) mass is 375 g/mol. The Balaban J connectivity index is 1.59. The lowest BCUT2D eigenvalue weighted by Crippen LogP contribution is -2.18. The molecule has 0 spiro atoms. The fraction of sp³-hybridized carbons (Fsp3) is 0.0952. The van der Waals surface area contributed by atoms with E-state index in [2.05, 4.69) is 10.3 Å². The van der Waals surface area contributed by atoms with E-state index in [0.29, 0.717) is 5.56 Å². The zero-order chi connectivity index (χ0) is 18.6. The zero-order valence-electron chi connectivity index (χ0n) is 14.5. The third kappa shape index (κ3) is 3.80. The molecular weight excluding hydrogens is 358 g/mol. The van der Waals surface area contributed by atoms with Crippen molar-refractivity contribution in [2.75, 3.05) is 5.32 Å². The highest BCUT2D eigenvalue weighted by Crippen LogP contribution is 2.23. The number of carbonyl (C=O) groups excluding carboxylic acids is 2. The summed E-state index contributed by atoms with van der Waals surface area (Å²) in [5.41, 5.74) is 2.23. The largest absolute Gasteiger partial charge is 0.337 e. The lowest BCUT2D eigenvalue weighted by atomic mass is 10.1. The number of para-hydroxylation sites is 2. The molecule has 0 bridgehead atoms. The molecule has 0 atom stereocenters. The summed E-state index contributed by atoms with van der Waals surface area (Å²) in [6, 6.07) is 17.0. The Morgan fingerprint density at radius 1 is 1.04 bits per heavy atom. The van der Waals surface area contributed by atoms with E-state index >= 15 is 0 Å². The highest BCUT2D eigenvalue weighted by molar-refractivity contribution is 7.09. The van der Waals surface area contributed by atoms with Crippen molar-refractivity contribution in [3.8, 4) is 0 Å². The number of hydrogen-bond donors (Lipinski definition) is 1. The van der Waals surface area contributed by atoms with E-state index in [0.717, 1.165) is 21.6 Å². The van der Waals surface area contributed by atoms with Gasteiger partial charge in [-0.1, -0.05) is 36.4 Å². The molecule has 0 unspecified atom stereocenters. The first-order chi connectivity index (χ1) is 13.2. The Morgan fingerprint density at radius 2 is 1.81 bits per heavy atom. The van der Waals surface area contributed by atoms with Crippen molar-refractivity contribution >= 4 is 39.6 Å². The molecule has 2 heterocycles. The molecule has 1 N–H and O–H groups in total. The first-order valence-corrected chi connectivity index (χ1v) is 9.43. The van der Waals surface area contributed by atoms with Gasteiger partial charge in [0.15, 0.2) is 5.78 Å². The van der Waals surface area contributed by atoms with Crippen LogP contribution in [-0.4, -0.2) is 21.2 Å². The number of ketones is 1. The second-order valence-corrected chi connectivity index (χ2v) is 7.11. The zero-order valence-corrected chi connectivity index (χ0v) is 15.3. The van der Waals surface area contributed by atoms with Crippen LogP contribution in [0.25, 0.3) is 10.9 Å². The van der Waals surface area contributed by atoms with Crippen molar-refractivity contribution < 1.29 is 9.59 Å². The standard InChI is InChI=1S/C21H17N3O2S/c25-19(12-21-22-10-11-27-21)17-13-24(18-9-5-4-8-16(17)18)14-20(26)23-15-6-2-1-3-7-15/h1-11,13H,12,14H2,(H,23,26). The van der Waals surface area contributed by atoms with Crippen molar-refractivity contribution in [2.24, 2.45) is 0 Å². The Kier molecular flexibility index (Phi) is 4.80. The average Bonchev–Trinajstić information content (AvgIpc) is 3.31. The van der Waals surface area contributed by atoms with Gasteiger partial charge in [-0.3, -0.25) is 9.59 Å². The normalized spacial score (nSPS) is 10.8. The van der Waals surface area contributed by atoms with Gasteiger partial charge in [0, 0.05) is 39.9 Å². The van der Waals surface area contributed by atoms with Gasteiger partial charge in [0.05, 0.1) is 6.42 Å². The molecule has 134 valence electrons. The maximum absolute atomic E-state index is 12.8. The summed E-state index contributed by atoms with van der Waals surface area (Å²) in [6.45, 7) is 0.139. The molecule has 6 heteroatoms. The van der Waals surface area contributed by atoms with Crippen molar-refractivity contribution in [3.05, 3.63) is 82.9 Å². The fourth-order valence-electron chi connectivity index (χ4n) is 3.05. The predicted molar refractivity (Wildman–Crippen MR) is 107 cm³/mol. The minimum Gasteiger partial charge on any atom is -0.337 e. The van der Waals surface area contributed by atoms with Crippen molar-refractivity contribution in [2.45, 2.75) is 13.0 Å². The van der Waals surface area contributed by atoms with Crippen LogP contribution in [0.2, 0.25) is 0 Å². The van der Waals surface area contributed by atoms with Gasteiger partial charge in [-0.2, -0.15) is 0 Å². The number of nitrogens with one attached hydrogen (secondary N) is 1. The van der Waals surface area contributed by atoms with Crippen LogP contribution in [0.4, 0.5) is 5.69 Å². The summed E-state index contributed by atoms with van der Waals surface area (Å²) < 4.78 is 1.82. The van der Waals surface area contributed by atoms with E-state index in [-0.39, 0.29) is 24.7 Å². The van der Waals surface area contributed by atoms with E-state index in [1.807, 2.05) is 64.5 Å². The minimum absolute atomic E-state index is 0.00312. The molecule has 0 saturated carbocycles. The molecule has 0 fully saturated rings. The van der Waals surface area contributed by atoms with Gasteiger partial charge in [0.1, 0.15) is 11.6 Å². The number of rotatable bonds is 6. The average molecular weight is 375 g/mol. The number of carbonyl (C=O) groups is 2. The SMILES string of the molecule is O=C(Cn1cc(C(=O)Cc2nccs2)c2ccccc21)Nc1ccccc1. The van der Waals surface area contributed by atoms with Crippen LogP contribution in [0.5, 0.6) is 0 Å². The molecule has 2 aromatic carbocycles. The van der Waals surface area contributed by atoms with Gasteiger partial charge in [-0.25, -0.2) is 4.98 Å². The lowest BCUT2D eigenvalue weighted by Gasteiger charge is -2.07. The van der Waals surface area contributed by atoms with E-state index in [9.17, 15) is 9.59 Å². The lowest BCUT2D eigenvalue weighted by molar-refractivity contribution is -0.116. The summed E-state index contributed by atoms with van der Waals surface area (Å²) in [7, 11) is 0. The highest BCUT2D eigenvalue weighted by Gasteiger charge is 2.17. The van der Waals surface area contributed by atoms with E-state index in [1.165, 1.54) is 11.3 Å². The third-order valence-electron chi connectivity index (χ3n) is 4.26.